The average molecular weight is 390 g/mol. The first kappa shape index (κ1) is 18.8. The van der Waals surface area contributed by atoms with Gasteiger partial charge in [-0.3, -0.25) is 9.36 Å². The van der Waals surface area contributed by atoms with Crippen LogP contribution in [0.15, 0.2) is 42.5 Å². The van der Waals surface area contributed by atoms with Gasteiger partial charge in [0.1, 0.15) is 12.4 Å². The summed E-state index contributed by atoms with van der Waals surface area (Å²) in [7, 11) is 3.60. The summed E-state index contributed by atoms with van der Waals surface area (Å²) in [5, 5.41) is 20.1. The summed E-state index contributed by atoms with van der Waals surface area (Å²) in [6, 6.07) is 11.0. The number of carbonyl (C=O) groups excluding carboxylic acids is 1. The van der Waals surface area contributed by atoms with E-state index in [9.17, 15) is 9.18 Å². The second-order valence-corrected chi connectivity index (χ2v) is 6.23. The molecule has 3 rings (SSSR count). The first-order valence-electron chi connectivity index (χ1n) is 8.00. The monoisotopic (exact) mass is 389 g/mol. The fraction of sp³-hybridized carbons (Fsp3) is 0.167. The lowest BCUT2D eigenvalue weighted by molar-refractivity contribution is -0.118. The number of halogens is 2. The molecule has 0 radical (unpaired) electrons. The molecule has 9 heteroatoms. The van der Waals surface area contributed by atoms with Crippen LogP contribution in [0.4, 0.5) is 21.7 Å². The number of anilines is 3. The predicted octanol–water partition coefficient (Wildman–Crippen LogP) is 2.97. The van der Waals surface area contributed by atoms with Gasteiger partial charge in [-0.1, -0.05) is 11.6 Å². The number of aromatic nitrogens is 3. The number of nitrogens with one attached hydrogen (secondary N) is 1. The number of hydrogen-bond acceptors (Lipinski definition) is 5. The SMILES string of the molecule is CN(c1ccc(F)cc1)c1nnc(-c2ccc(NC(=O)CO)cc2Cl)n1C. The van der Waals surface area contributed by atoms with Crippen LogP contribution in [-0.2, 0) is 11.8 Å². The Labute approximate surface area is 160 Å². The van der Waals surface area contributed by atoms with Crippen LogP contribution < -0.4 is 10.2 Å². The Morgan fingerprint density at radius 2 is 1.96 bits per heavy atom. The zero-order valence-electron chi connectivity index (χ0n) is 14.6. The van der Waals surface area contributed by atoms with Crippen LogP contribution in [0.3, 0.4) is 0 Å². The van der Waals surface area contributed by atoms with Crippen molar-refractivity contribution in [2.24, 2.45) is 7.05 Å². The van der Waals surface area contributed by atoms with Gasteiger partial charge in [0.05, 0.1) is 5.02 Å². The minimum absolute atomic E-state index is 0.314. The Bertz CT molecular complexity index is 974. The standard InChI is InChI=1S/C18H17ClFN5O2/c1-24(13-6-3-11(20)4-7-13)18-23-22-17(25(18)2)14-8-5-12(9-15(14)19)21-16(27)10-26/h3-9,26H,10H2,1-2H3,(H,21,27). The maximum absolute atomic E-state index is 13.1. The van der Waals surface area contributed by atoms with E-state index in [1.54, 1.807) is 53.9 Å². The third-order valence-corrected chi connectivity index (χ3v) is 4.32. The van der Waals surface area contributed by atoms with Crippen molar-refractivity contribution in [1.82, 2.24) is 14.8 Å². The number of hydrogen-bond donors (Lipinski definition) is 2. The number of aliphatic hydroxyl groups is 1. The van der Waals surface area contributed by atoms with Crippen molar-refractivity contribution in [3.8, 4) is 11.4 Å². The highest BCUT2D eigenvalue weighted by atomic mass is 35.5. The fourth-order valence-electron chi connectivity index (χ4n) is 2.60. The maximum Gasteiger partial charge on any atom is 0.250 e. The minimum atomic E-state index is -0.609. The topological polar surface area (TPSA) is 83.3 Å². The number of amides is 1. The molecule has 3 aromatic rings. The van der Waals surface area contributed by atoms with E-state index in [0.717, 1.165) is 5.69 Å². The summed E-state index contributed by atoms with van der Waals surface area (Å²) in [4.78, 5) is 13.1. The van der Waals surface area contributed by atoms with Crippen molar-refractivity contribution in [3.63, 3.8) is 0 Å². The zero-order chi connectivity index (χ0) is 19.6. The molecule has 0 unspecified atom stereocenters. The van der Waals surface area contributed by atoms with Crippen molar-refractivity contribution in [2.45, 2.75) is 0 Å². The number of benzene rings is 2. The normalized spacial score (nSPS) is 10.7. The van der Waals surface area contributed by atoms with Gasteiger partial charge in [-0.15, -0.1) is 10.2 Å². The van der Waals surface area contributed by atoms with Crippen molar-refractivity contribution in [2.75, 3.05) is 23.9 Å². The molecule has 2 N–H and O–H groups in total. The van der Waals surface area contributed by atoms with Gasteiger partial charge in [0, 0.05) is 31.0 Å². The second kappa shape index (κ2) is 7.73. The van der Waals surface area contributed by atoms with Gasteiger partial charge in [-0.25, -0.2) is 4.39 Å². The van der Waals surface area contributed by atoms with Crippen LogP contribution in [0.1, 0.15) is 0 Å². The fourth-order valence-corrected chi connectivity index (χ4v) is 2.87. The number of rotatable bonds is 5. The van der Waals surface area contributed by atoms with Crippen molar-refractivity contribution < 1.29 is 14.3 Å². The molecule has 1 amide bonds. The predicted molar refractivity (Wildman–Crippen MR) is 102 cm³/mol. The molecule has 0 aliphatic carbocycles. The molecule has 140 valence electrons. The Hall–Kier alpha value is -2.97. The molecule has 0 atom stereocenters. The summed E-state index contributed by atoms with van der Waals surface area (Å²) in [5.74, 6) is 0.237. The molecular formula is C18H17ClFN5O2. The van der Waals surface area contributed by atoms with Gasteiger partial charge in [-0.2, -0.15) is 0 Å². The van der Waals surface area contributed by atoms with Crippen LogP contribution in [0.5, 0.6) is 0 Å². The van der Waals surface area contributed by atoms with E-state index in [1.807, 2.05) is 0 Å². The maximum atomic E-state index is 13.1. The van der Waals surface area contributed by atoms with Crippen LogP contribution in [0.2, 0.25) is 5.02 Å². The molecule has 0 saturated carbocycles. The van der Waals surface area contributed by atoms with Crippen LogP contribution >= 0.6 is 11.6 Å². The summed E-state index contributed by atoms with van der Waals surface area (Å²) < 4.78 is 14.9. The molecular weight excluding hydrogens is 373 g/mol. The quantitative estimate of drug-likeness (QED) is 0.701. The van der Waals surface area contributed by atoms with Gasteiger partial charge in [0.25, 0.3) is 0 Å². The average Bonchev–Trinajstić information content (AvgIpc) is 3.03. The van der Waals surface area contributed by atoms with Crippen LogP contribution in [-0.4, -0.2) is 39.4 Å². The Kier molecular flexibility index (Phi) is 5.38. The van der Waals surface area contributed by atoms with E-state index in [4.69, 9.17) is 16.7 Å². The van der Waals surface area contributed by atoms with E-state index in [1.165, 1.54) is 12.1 Å². The van der Waals surface area contributed by atoms with E-state index >= 15 is 0 Å². The molecule has 0 saturated heterocycles. The van der Waals surface area contributed by atoms with E-state index in [-0.39, 0.29) is 5.82 Å². The lowest BCUT2D eigenvalue weighted by atomic mass is 10.2. The van der Waals surface area contributed by atoms with Crippen LogP contribution in [0, 0.1) is 5.82 Å². The third kappa shape index (κ3) is 3.91. The van der Waals surface area contributed by atoms with Gasteiger partial charge in [0.15, 0.2) is 5.82 Å². The zero-order valence-corrected chi connectivity index (χ0v) is 15.4. The molecule has 1 heterocycles. The second-order valence-electron chi connectivity index (χ2n) is 5.82. The third-order valence-electron chi connectivity index (χ3n) is 4.00. The van der Waals surface area contributed by atoms with Gasteiger partial charge < -0.3 is 15.3 Å². The summed E-state index contributed by atoms with van der Waals surface area (Å²) in [6.07, 6.45) is 0. The van der Waals surface area contributed by atoms with Gasteiger partial charge in [0.2, 0.25) is 11.9 Å². The number of aliphatic hydroxyl groups excluding tert-OH is 1. The largest absolute Gasteiger partial charge is 0.387 e. The van der Waals surface area contributed by atoms with Crippen LogP contribution in [0.25, 0.3) is 11.4 Å². The minimum Gasteiger partial charge on any atom is -0.387 e. The molecule has 0 aliphatic heterocycles. The first-order valence-corrected chi connectivity index (χ1v) is 8.38. The molecule has 27 heavy (non-hydrogen) atoms. The number of nitrogens with zero attached hydrogens (tertiary/aromatic N) is 4. The molecule has 0 fully saturated rings. The number of carbonyl (C=O) groups is 1. The lowest BCUT2D eigenvalue weighted by Gasteiger charge is -2.18. The molecule has 0 aliphatic rings. The smallest absolute Gasteiger partial charge is 0.250 e. The highest BCUT2D eigenvalue weighted by molar-refractivity contribution is 6.33. The summed E-state index contributed by atoms with van der Waals surface area (Å²) in [6.45, 7) is -0.609. The van der Waals surface area contributed by atoms with Crippen molar-refractivity contribution >= 4 is 34.8 Å². The Balaban J connectivity index is 1.91. The molecule has 0 spiro atoms. The summed E-state index contributed by atoms with van der Waals surface area (Å²) in [5.41, 5.74) is 1.85. The molecule has 0 bridgehead atoms. The molecule has 7 nitrogen and oxygen atoms in total. The highest BCUT2D eigenvalue weighted by Crippen LogP contribution is 2.31. The van der Waals surface area contributed by atoms with Crippen molar-refractivity contribution in [1.29, 1.82) is 0 Å². The Morgan fingerprint density at radius 3 is 2.59 bits per heavy atom. The molecule has 2 aromatic carbocycles. The summed E-state index contributed by atoms with van der Waals surface area (Å²) >= 11 is 6.34. The highest BCUT2D eigenvalue weighted by Gasteiger charge is 2.17. The molecule has 1 aromatic heterocycles. The lowest BCUT2D eigenvalue weighted by Crippen LogP contribution is -2.15. The van der Waals surface area contributed by atoms with Gasteiger partial charge >= 0.3 is 0 Å². The van der Waals surface area contributed by atoms with E-state index in [0.29, 0.717) is 28.0 Å². The van der Waals surface area contributed by atoms with Gasteiger partial charge in [-0.05, 0) is 42.5 Å². The Morgan fingerprint density at radius 1 is 1.26 bits per heavy atom. The van der Waals surface area contributed by atoms with E-state index in [2.05, 4.69) is 15.5 Å². The van der Waals surface area contributed by atoms with Crippen molar-refractivity contribution in [3.05, 3.63) is 53.3 Å². The first-order chi connectivity index (χ1) is 12.9. The van der Waals surface area contributed by atoms with E-state index < -0.39 is 12.5 Å².